The summed E-state index contributed by atoms with van der Waals surface area (Å²) in [7, 11) is 0. The quantitative estimate of drug-likeness (QED) is 0.445. The minimum Gasteiger partial charge on any atom is -0.393 e. The fraction of sp³-hybridized carbons (Fsp3) is 1.00. The van der Waals surface area contributed by atoms with Crippen LogP contribution in [0, 0.1) is 0 Å². The first-order valence-corrected chi connectivity index (χ1v) is 8.56. The lowest BCUT2D eigenvalue weighted by Gasteiger charge is -2.12. The van der Waals surface area contributed by atoms with Crippen LogP contribution in [0.15, 0.2) is 0 Å². The second kappa shape index (κ2) is 14.3. The molecule has 2 unspecified atom stereocenters. The summed E-state index contributed by atoms with van der Waals surface area (Å²) < 4.78 is 0. The van der Waals surface area contributed by atoms with Gasteiger partial charge in [-0.2, -0.15) is 0 Å². The van der Waals surface area contributed by atoms with Gasteiger partial charge >= 0.3 is 0 Å². The maximum atomic E-state index is 9.78. The molecule has 116 valence electrons. The number of aliphatic hydroxyl groups excluding tert-OH is 2. The van der Waals surface area contributed by atoms with Crippen molar-refractivity contribution in [1.29, 1.82) is 0 Å². The van der Waals surface area contributed by atoms with Crippen LogP contribution in [0.2, 0.25) is 0 Å². The third-order valence-corrected chi connectivity index (χ3v) is 3.95. The molecule has 0 fully saturated rings. The number of rotatable bonds is 14. The van der Waals surface area contributed by atoms with E-state index in [0.717, 1.165) is 32.1 Å². The average Bonchev–Trinajstić information content (AvgIpc) is 2.42. The van der Waals surface area contributed by atoms with Crippen molar-refractivity contribution in [3.63, 3.8) is 0 Å². The molecule has 0 heterocycles. The summed E-state index contributed by atoms with van der Waals surface area (Å²) in [5.41, 5.74) is 0. The number of unbranched alkanes of at least 4 members (excludes halogenated alkanes) is 8. The van der Waals surface area contributed by atoms with E-state index in [1.807, 2.05) is 6.92 Å². The second-order valence-corrected chi connectivity index (χ2v) is 5.91. The molecule has 0 amide bonds. The van der Waals surface area contributed by atoms with Crippen molar-refractivity contribution in [1.82, 2.24) is 0 Å². The van der Waals surface area contributed by atoms with Gasteiger partial charge in [-0.15, -0.1) is 0 Å². The van der Waals surface area contributed by atoms with Crippen molar-refractivity contribution >= 4 is 0 Å². The molecular weight excluding hydrogens is 236 g/mol. The van der Waals surface area contributed by atoms with E-state index in [-0.39, 0.29) is 12.2 Å². The molecule has 0 bridgehead atoms. The van der Waals surface area contributed by atoms with Crippen molar-refractivity contribution in [2.45, 2.75) is 110 Å². The zero-order chi connectivity index (χ0) is 14.3. The van der Waals surface area contributed by atoms with E-state index in [1.165, 1.54) is 51.4 Å². The SMILES string of the molecule is CCCCCCCCCCCC(O)CCC(O)CC. The van der Waals surface area contributed by atoms with E-state index in [2.05, 4.69) is 6.92 Å². The highest BCUT2D eigenvalue weighted by atomic mass is 16.3. The molecule has 0 aromatic rings. The molecule has 0 aliphatic carbocycles. The van der Waals surface area contributed by atoms with E-state index < -0.39 is 0 Å². The molecule has 0 rings (SSSR count). The number of aliphatic hydroxyl groups is 2. The highest BCUT2D eigenvalue weighted by Gasteiger charge is 2.07. The van der Waals surface area contributed by atoms with Crippen molar-refractivity contribution < 1.29 is 10.2 Å². The van der Waals surface area contributed by atoms with Crippen molar-refractivity contribution in [3.8, 4) is 0 Å². The van der Waals surface area contributed by atoms with E-state index in [1.54, 1.807) is 0 Å². The molecule has 0 radical (unpaired) electrons. The predicted octanol–water partition coefficient (Wildman–Crippen LogP) is 4.82. The van der Waals surface area contributed by atoms with Gasteiger partial charge in [0.1, 0.15) is 0 Å². The maximum absolute atomic E-state index is 9.78. The van der Waals surface area contributed by atoms with Gasteiger partial charge in [-0.3, -0.25) is 0 Å². The summed E-state index contributed by atoms with van der Waals surface area (Å²) in [5, 5.41) is 19.2. The molecule has 0 spiro atoms. The Hall–Kier alpha value is -0.0800. The average molecular weight is 272 g/mol. The molecule has 0 saturated heterocycles. The summed E-state index contributed by atoms with van der Waals surface area (Å²) in [5.74, 6) is 0. The van der Waals surface area contributed by atoms with Gasteiger partial charge in [-0.05, 0) is 25.7 Å². The Morgan fingerprint density at radius 1 is 0.579 bits per heavy atom. The largest absolute Gasteiger partial charge is 0.393 e. The van der Waals surface area contributed by atoms with Crippen LogP contribution < -0.4 is 0 Å². The third kappa shape index (κ3) is 14.1. The summed E-state index contributed by atoms with van der Waals surface area (Å²) in [4.78, 5) is 0. The summed E-state index contributed by atoms with van der Waals surface area (Å²) >= 11 is 0. The van der Waals surface area contributed by atoms with Gasteiger partial charge in [-0.25, -0.2) is 0 Å². The lowest BCUT2D eigenvalue weighted by molar-refractivity contribution is 0.105. The van der Waals surface area contributed by atoms with Crippen LogP contribution in [0.4, 0.5) is 0 Å². The van der Waals surface area contributed by atoms with Gasteiger partial charge in [0.05, 0.1) is 12.2 Å². The highest BCUT2D eigenvalue weighted by molar-refractivity contribution is 4.60. The van der Waals surface area contributed by atoms with Crippen molar-refractivity contribution in [3.05, 3.63) is 0 Å². The molecular formula is C17H36O2. The minimum atomic E-state index is -0.224. The number of hydrogen-bond donors (Lipinski definition) is 2. The molecule has 2 nitrogen and oxygen atoms in total. The normalized spacial score (nSPS) is 14.5. The Kier molecular flexibility index (Phi) is 14.3. The Balaban J connectivity index is 3.16. The molecule has 0 aromatic carbocycles. The Bertz CT molecular complexity index is 171. The van der Waals surface area contributed by atoms with Gasteiger partial charge in [0.2, 0.25) is 0 Å². The zero-order valence-electron chi connectivity index (χ0n) is 13.2. The van der Waals surface area contributed by atoms with E-state index in [4.69, 9.17) is 0 Å². The summed E-state index contributed by atoms with van der Waals surface area (Å²) in [6.07, 6.45) is 14.7. The topological polar surface area (TPSA) is 40.5 Å². The molecule has 2 heteroatoms. The molecule has 0 saturated carbocycles. The van der Waals surface area contributed by atoms with Crippen LogP contribution >= 0.6 is 0 Å². The van der Waals surface area contributed by atoms with Crippen LogP contribution in [-0.4, -0.2) is 22.4 Å². The van der Waals surface area contributed by atoms with Crippen LogP contribution in [0.5, 0.6) is 0 Å². The minimum absolute atomic E-state index is 0.203. The predicted molar refractivity (Wildman–Crippen MR) is 83.4 cm³/mol. The monoisotopic (exact) mass is 272 g/mol. The molecule has 0 aliphatic heterocycles. The van der Waals surface area contributed by atoms with E-state index in [9.17, 15) is 10.2 Å². The van der Waals surface area contributed by atoms with E-state index in [0.29, 0.717) is 0 Å². The summed E-state index contributed by atoms with van der Waals surface area (Å²) in [6.45, 7) is 4.24. The standard InChI is InChI=1S/C17H36O2/c1-3-5-6-7-8-9-10-11-12-13-17(19)15-14-16(18)4-2/h16-19H,3-15H2,1-2H3. The lowest BCUT2D eigenvalue weighted by atomic mass is 10.0. The van der Waals surface area contributed by atoms with E-state index >= 15 is 0 Å². The molecule has 0 aliphatic rings. The molecule has 19 heavy (non-hydrogen) atoms. The summed E-state index contributed by atoms with van der Waals surface area (Å²) in [6, 6.07) is 0. The molecule has 2 atom stereocenters. The molecule has 0 aromatic heterocycles. The highest BCUT2D eigenvalue weighted by Crippen LogP contribution is 2.14. The van der Waals surface area contributed by atoms with Crippen LogP contribution in [0.3, 0.4) is 0 Å². The fourth-order valence-electron chi connectivity index (χ4n) is 2.42. The Morgan fingerprint density at radius 3 is 1.58 bits per heavy atom. The van der Waals surface area contributed by atoms with Crippen LogP contribution in [0.1, 0.15) is 97.3 Å². The van der Waals surface area contributed by atoms with Crippen molar-refractivity contribution in [2.24, 2.45) is 0 Å². The maximum Gasteiger partial charge on any atom is 0.0541 e. The second-order valence-electron chi connectivity index (χ2n) is 5.91. The van der Waals surface area contributed by atoms with Gasteiger partial charge in [0.25, 0.3) is 0 Å². The first-order chi connectivity index (χ1) is 9.20. The first kappa shape index (κ1) is 18.9. The van der Waals surface area contributed by atoms with Gasteiger partial charge in [0, 0.05) is 0 Å². The third-order valence-electron chi connectivity index (χ3n) is 3.95. The smallest absolute Gasteiger partial charge is 0.0541 e. The first-order valence-electron chi connectivity index (χ1n) is 8.56. The van der Waals surface area contributed by atoms with Crippen molar-refractivity contribution in [2.75, 3.05) is 0 Å². The zero-order valence-corrected chi connectivity index (χ0v) is 13.2. The fourth-order valence-corrected chi connectivity index (χ4v) is 2.42. The van der Waals surface area contributed by atoms with Gasteiger partial charge in [-0.1, -0.05) is 71.6 Å². The van der Waals surface area contributed by atoms with Crippen LogP contribution in [-0.2, 0) is 0 Å². The van der Waals surface area contributed by atoms with Gasteiger partial charge in [0.15, 0.2) is 0 Å². The Morgan fingerprint density at radius 2 is 1.05 bits per heavy atom. The lowest BCUT2D eigenvalue weighted by Crippen LogP contribution is -2.12. The Labute approximate surface area is 120 Å². The van der Waals surface area contributed by atoms with Crippen LogP contribution in [0.25, 0.3) is 0 Å². The van der Waals surface area contributed by atoms with Gasteiger partial charge < -0.3 is 10.2 Å². The molecule has 2 N–H and O–H groups in total. The number of hydrogen-bond acceptors (Lipinski definition) is 2.